The van der Waals surface area contributed by atoms with Crippen molar-refractivity contribution in [3.05, 3.63) is 63.6 Å². The smallest absolute Gasteiger partial charge is 0.252 e. The highest BCUT2D eigenvalue weighted by atomic mass is 79.9. The molecule has 2 aromatic rings. The van der Waals surface area contributed by atoms with Gasteiger partial charge in [-0.1, -0.05) is 12.1 Å². The van der Waals surface area contributed by atoms with Gasteiger partial charge in [-0.25, -0.2) is 8.78 Å². The SMILES string of the molecule is O=C(NC[C@H]1Cc2cc(F)cc(F)c2O1)c1ccccc1Br. The number of carbonyl (C=O) groups excluding carboxylic acids is 1. The van der Waals surface area contributed by atoms with Crippen molar-refractivity contribution < 1.29 is 18.3 Å². The van der Waals surface area contributed by atoms with E-state index in [4.69, 9.17) is 4.74 Å². The highest BCUT2D eigenvalue weighted by Crippen LogP contribution is 2.32. The highest BCUT2D eigenvalue weighted by molar-refractivity contribution is 9.10. The Morgan fingerprint density at radius 2 is 2.09 bits per heavy atom. The van der Waals surface area contributed by atoms with Gasteiger partial charge in [0.05, 0.1) is 12.1 Å². The van der Waals surface area contributed by atoms with E-state index in [9.17, 15) is 13.6 Å². The van der Waals surface area contributed by atoms with E-state index >= 15 is 0 Å². The van der Waals surface area contributed by atoms with Crippen LogP contribution in [0, 0.1) is 11.6 Å². The van der Waals surface area contributed by atoms with Crippen LogP contribution in [-0.4, -0.2) is 18.6 Å². The van der Waals surface area contributed by atoms with Crippen molar-refractivity contribution in [1.82, 2.24) is 5.32 Å². The van der Waals surface area contributed by atoms with Gasteiger partial charge in [-0.05, 0) is 34.1 Å². The van der Waals surface area contributed by atoms with Crippen LogP contribution in [0.25, 0.3) is 0 Å². The Labute approximate surface area is 134 Å². The van der Waals surface area contributed by atoms with Gasteiger partial charge in [-0.15, -0.1) is 0 Å². The molecular weight excluding hydrogens is 356 g/mol. The number of carbonyl (C=O) groups is 1. The fraction of sp³-hybridized carbons (Fsp3) is 0.188. The van der Waals surface area contributed by atoms with E-state index in [0.717, 1.165) is 6.07 Å². The van der Waals surface area contributed by atoms with Crippen LogP contribution in [0.5, 0.6) is 5.75 Å². The third kappa shape index (κ3) is 2.97. The Morgan fingerprint density at radius 1 is 1.32 bits per heavy atom. The lowest BCUT2D eigenvalue weighted by atomic mass is 10.1. The Morgan fingerprint density at radius 3 is 2.86 bits per heavy atom. The van der Waals surface area contributed by atoms with Gasteiger partial charge < -0.3 is 10.1 Å². The van der Waals surface area contributed by atoms with E-state index in [1.807, 2.05) is 6.07 Å². The minimum Gasteiger partial charge on any atom is -0.485 e. The summed E-state index contributed by atoms with van der Waals surface area (Å²) in [6.07, 6.45) is -0.0435. The molecular formula is C16H12BrF2NO2. The topological polar surface area (TPSA) is 38.3 Å². The van der Waals surface area contributed by atoms with E-state index in [-0.39, 0.29) is 18.2 Å². The Bertz CT molecular complexity index is 736. The first-order valence-corrected chi connectivity index (χ1v) is 7.51. The first-order chi connectivity index (χ1) is 10.5. The van der Waals surface area contributed by atoms with E-state index < -0.39 is 17.7 Å². The maximum absolute atomic E-state index is 13.6. The van der Waals surface area contributed by atoms with Crippen LogP contribution in [0.3, 0.4) is 0 Å². The summed E-state index contributed by atoms with van der Waals surface area (Å²) < 4.78 is 32.9. The maximum atomic E-state index is 13.6. The normalized spacial score (nSPS) is 16.0. The number of halogens is 3. The fourth-order valence-electron chi connectivity index (χ4n) is 2.41. The van der Waals surface area contributed by atoms with Gasteiger partial charge in [-0.2, -0.15) is 0 Å². The number of hydrogen-bond acceptors (Lipinski definition) is 2. The summed E-state index contributed by atoms with van der Waals surface area (Å²) in [5.41, 5.74) is 0.993. The van der Waals surface area contributed by atoms with Crippen LogP contribution < -0.4 is 10.1 Å². The monoisotopic (exact) mass is 367 g/mol. The van der Waals surface area contributed by atoms with Crippen LogP contribution in [0.1, 0.15) is 15.9 Å². The summed E-state index contributed by atoms with van der Waals surface area (Å²) in [4.78, 5) is 12.1. The molecule has 0 radical (unpaired) electrons. The minimum atomic E-state index is -0.713. The number of benzene rings is 2. The van der Waals surface area contributed by atoms with Gasteiger partial charge in [0.2, 0.25) is 0 Å². The summed E-state index contributed by atoms with van der Waals surface area (Å²) in [5, 5.41) is 2.74. The van der Waals surface area contributed by atoms with Gasteiger partial charge in [0, 0.05) is 22.5 Å². The number of hydrogen-bond donors (Lipinski definition) is 1. The van der Waals surface area contributed by atoms with Crippen LogP contribution in [0.15, 0.2) is 40.9 Å². The molecule has 114 valence electrons. The minimum absolute atomic E-state index is 0.0709. The first kappa shape index (κ1) is 15.0. The molecule has 1 heterocycles. The third-order valence-electron chi connectivity index (χ3n) is 3.43. The summed E-state index contributed by atoms with van der Waals surface area (Å²) >= 11 is 3.31. The second-order valence-electron chi connectivity index (χ2n) is 5.01. The van der Waals surface area contributed by atoms with Crippen molar-refractivity contribution >= 4 is 21.8 Å². The molecule has 1 amide bonds. The lowest BCUT2D eigenvalue weighted by Gasteiger charge is -2.12. The molecule has 1 N–H and O–H groups in total. The summed E-state index contributed by atoms with van der Waals surface area (Å²) in [7, 11) is 0. The summed E-state index contributed by atoms with van der Waals surface area (Å²) in [6.45, 7) is 0.218. The summed E-state index contributed by atoms with van der Waals surface area (Å²) in [6, 6.07) is 9.09. The van der Waals surface area contributed by atoms with Crippen molar-refractivity contribution in [2.24, 2.45) is 0 Å². The highest BCUT2D eigenvalue weighted by Gasteiger charge is 2.27. The quantitative estimate of drug-likeness (QED) is 0.901. The van der Waals surface area contributed by atoms with Crippen LogP contribution in [0.2, 0.25) is 0 Å². The molecule has 0 aliphatic carbocycles. The molecule has 0 fully saturated rings. The van der Waals surface area contributed by atoms with Gasteiger partial charge in [0.25, 0.3) is 5.91 Å². The standard InChI is InChI=1S/C16H12BrF2NO2/c17-13-4-2-1-3-12(13)16(21)20-8-11-6-9-5-10(18)7-14(19)15(9)22-11/h1-5,7,11H,6,8H2,(H,20,21)/t11-/m1/s1. The number of fused-ring (bicyclic) bond motifs is 1. The predicted octanol–water partition coefficient (Wildman–Crippen LogP) is 3.46. The molecule has 1 aliphatic rings. The molecule has 1 atom stereocenters. The zero-order chi connectivity index (χ0) is 15.7. The van der Waals surface area contributed by atoms with Gasteiger partial charge in [0.15, 0.2) is 11.6 Å². The first-order valence-electron chi connectivity index (χ1n) is 6.72. The van der Waals surface area contributed by atoms with Crippen molar-refractivity contribution in [3.63, 3.8) is 0 Å². The van der Waals surface area contributed by atoms with E-state index in [1.165, 1.54) is 6.07 Å². The van der Waals surface area contributed by atoms with Crippen molar-refractivity contribution in [1.29, 1.82) is 0 Å². The summed E-state index contributed by atoms with van der Waals surface area (Å²) in [5.74, 6) is -1.52. The number of amides is 1. The van der Waals surface area contributed by atoms with Crippen LogP contribution in [0.4, 0.5) is 8.78 Å². The molecule has 0 unspecified atom stereocenters. The zero-order valence-electron chi connectivity index (χ0n) is 11.4. The predicted molar refractivity (Wildman–Crippen MR) is 81.0 cm³/mol. The lowest BCUT2D eigenvalue weighted by molar-refractivity contribution is 0.0932. The molecule has 0 saturated carbocycles. The molecule has 3 nitrogen and oxygen atoms in total. The van der Waals surface area contributed by atoms with Crippen LogP contribution in [-0.2, 0) is 6.42 Å². The number of ether oxygens (including phenoxy) is 1. The van der Waals surface area contributed by atoms with Crippen molar-refractivity contribution in [2.75, 3.05) is 6.54 Å². The molecule has 0 aromatic heterocycles. The number of rotatable bonds is 3. The van der Waals surface area contributed by atoms with Gasteiger partial charge >= 0.3 is 0 Å². The molecule has 0 spiro atoms. The second-order valence-corrected chi connectivity index (χ2v) is 5.86. The molecule has 0 saturated heterocycles. The molecule has 2 aromatic carbocycles. The molecule has 22 heavy (non-hydrogen) atoms. The molecule has 0 bridgehead atoms. The molecule has 6 heteroatoms. The zero-order valence-corrected chi connectivity index (χ0v) is 13.0. The van der Waals surface area contributed by atoms with E-state index in [0.29, 0.717) is 22.0 Å². The molecule has 1 aliphatic heterocycles. The number of nitrogens with one attached hydrogen (secondary N) is 1. The Kier molecular flexibility index (Phi) is 4.11. The average Bonchev–Trinajstić information content (AvgIpc) is 2.88. The van der Waals surface area contributed by atoms with Crippen molar-refractivity contribution in [3.8, 4) is 5.75 Å². The van der Waals surface area contributed by atoms with Crippen LogP contribution >= 0.6 is 15.9 Å². The lowest BCUT2D eigenvalue weighted by Crippen LogP contribution is -2.34. The van der Waals surface area contributed by atoms with Gasteiger partial charge in [-0.3, -0.25) is 4.79 Å². The van der Waals surface area contributed by atoms with Crippen molar-refractivity contribution in [2.45, 2.75) is 12.5 Å². The maximum Gasteiger partial charge on any atom is 0.252 e. The Balaban J connectivity index is 1.64. The van der Waals surface area contributed by atoms with Gasteiger partial charge in [0.1, 0.15) is 11.9 Å². The fourth-order valence-corrected chi connectivity index (χ4v) is 2.88. The Hall–Kier alpha value is -1.95. The average molecular weight is 368 g/mol. The second kappa shape index (κ2) is 6.04. The van der Waals surface area contributed by atoms with E-state index in [2.05, 4.69) is 21.2 Å². The largest absolute Gasteiger partial charge is 0.485 e. The molecule has 3 rings (SSSR count). The van der Waals surface area contributed by atoms with E-state index in [1.54, 1.807) is 18.2 Å². The third-order valence-corrected chi connectivity index (χ3v) is 4.12.